The zero-order chi connectivity index (χ0) is 12.7. The molecule has 2 atom stereocenters. The summed E-state index contributed by atoms with van der Waals surface area (Å²) in [4.78, 5) is 0. The zero-order valence-corrected chi connectivity index (χ0v) is 11.8. The smallest absolute Gasteiger partial charge is 0.150 e. The third-order valence-electron chi connectivity index (χ3n) is 3.76. The standard InChI is InChI=1S/C13H27NO2S/c1-2-3-4-5-6-7-8-13(14)12-9-10-17(15,16)11-12/h12-13H,2-11,14H2,1H3. The molecular weight excluding hydrogens is 234 g/mol. The second kappa shape index (κ2) is 7.37. The lowest BCUT2D eigenvalue weighted by Gasteiger charge is -2.17. The Labute approximate surface area is 106 Å². The highest BCUT2D eigenvalue weighted by Gasteiger charge is 2.31. The Balaban J connectivity index is 2.07. The quantitative estimate of drug-likeness (QED) is 0.683. The highest BCUT2D eigenvalue weighted by Crippen LogP contribution is 2.23. The molecule has 1 aliphatic rings. The molecule has 0 spiro atoms. The van der Waals surface area contributed by atoms with Crippen LogP contribution in [0.15, 0.2) is 0 Å². The van der Waals surface area contributed by atoms with Gasteiger partial charge in [0.15, 0.2) is 9.84 Å². The summed E-state index contributed by atoms with van der Waals surface area (Å²) in [5.74, 6) is 0.891. The van der Waals surface area contributed by atoms with E-state index < -0.39 is 9.84 Å². The van der Waals surface area contributed by atoms with Gasteiger partial charge in [0.05, 0.1) is 11.5 Å². The van der Waals surface area contributed by atoms with Crippen LogP contribution in [0.3, 0.4) is 0 Å². The summed E-state index contributed by atoms with van der Waals surface area (Å²) in [7, 11) is -2.76. The molecule has 102 valence electrons. The lowest BCUT2D eigenvalue weighted by Crippen LogP contribution is -2.30. The third-order valence-corrected chi connectivity index (χ3v) is 5.56. The van der Waals surface area contributed by atoms with Gasteiger partial charge in [-0.15, -0.1) is 0 Å². The van der Waals surface area contributed by atoms with Crippen LogP contribution < -0.4 is 5.73 Å². The van der Waals surface area contributed by atoms with E-state index in [1.165, 1.54) is 32.1 Å². The van der Waals surface area contributed by atoms with Crippen molar-refractivity contribution in [2.24, 2.45) is 11.7 Å². The Morgan fingerprint density at radius 3 is 2.41 bits per heavy atom. The van der Waals surface area contributed by atoms with Crippen molar-refractivity contribution in [1.82, 2.24) is 0 Å². The van der Waals surface area contributed by atoms with Crippen LogP contribution in [0, 0.1) is 5.92 Å². The van der Waals surface area contributed by atoms with E-state index in [9.17, 15) is 8.42 Å². The van der Waals surface area contributed by atoms with Gasteiger partial charge < -0.3 is 5.73 Å². The van der Waals surface area contributed by atoms with Gasteiger partial charge in [0.2, 0.25) is 0 Å². The maximum absolute atomic E-state index is 11.3. The Hall–Kier alpha value is -0.0900. The molecule has 0 aromatic heterocycles. The second-order valence-corrected chi connectivity index (χ2v) is 7.61. The molecule has 0 amide bonds. The molecule has 2 unspecified atom stereocenters. The molecule has 0 aliphatic carbocycles. The number of rotatable bonds is 8. The summed E-state index contributed by atoms with van der Waals surface area (Å²) in [6, 6.07) is 0.0958. The molecule has 2 N–H and O–H groups in total. The highest BCUT2D eigenvalue weighted by molar-refractivity contribution is 7.91. The molecule has 0 aromatic rings. The van der Waals surface area contributed by atoms with Crippen LogP contribution in [0.4, 0.5) is 0 Å². The summed E-state index contributed by atoms with van der Waals surface area (Å²) in [6.45, 7) is 2.22. The molecule has 1 fully saturated rings. The Kier molecular flexibility index (Phi) is 6.49. The molecule has 3 nitrogen and oxygen atoms in total. The molecule has 1 saturated heterocycles. The molecule has 1 aliphatic heterocycles. The van der Waals surface area contributed by atoms with Crippen LogP contribution in [0.2, 0.25) is 0 Å². The molecule has 0 saturated carbocycles. The molecule has 0 bridgehead atoms. The minimum Gasteiger partial charge on any atom is -0.327 e. The summed E-state index contributed by atoms with van der Waals surface area (Å²) >= 11 is 0. The molecule has 1 heterocycles. The first-order valence-electron chi connectivity index (χ1n) is 7.01. The fourth-order valence-corrected chi connectivity index (χ4v) is 4.45. The average Bonchev–Trinajstić information content (AvgIpc) is 2.64. The van der Waals surface area contributed by atoms with E-state index in [-0.39, 0.29) is 12.0 Å². The Bertz CT molecular complexity index is 301. The summed E-state index contributed by atoms with van der Waals surface area (Å²) < 4.78 is 22.7. The van der Waals surface area contributed by atoms with Gasteiger partial charge in [-0.25, -0.2) is 8.42 Å². The van der Waals surface area contributed by atoms with Gasteiger partial charge in [-0.2, -0.15) is 0 Å². The number of unbranched alkanes of at least 4 members (excludes halogenated alkanes) is 5. The van der Waals surface area contributed by atoms with Crippen LogP contribution >= 0.6 is 0 Å². The number of hydrogen-bond donors (Lipinski definition) is 1. The Morgan fingerprint density at radius 2 is 1.82 bits per heavy atom. The lowest BCUT2D eigenvalue weighted by atomic mass is 9.95. The molecule has 4 heteroatoms. The molecule has 1 rings (SSSR count). The fraction of sp³-hybridized carbons (Fsp3) is 1.00. The predicted molar refractivity (Wildman–Crippen MR) is 72.7 cm³/mol. The van der Waals surface area contributed by atoms with Gasteiger partial charge in [-0.1, -0.05) is 45.4 Å². The van der Waals surface area contributed by atoms with Crippen molar-refractivity contribution in [2.75, 3.05) is 11.5 Å². The monoisotopic (exact) mass is 261 g/mol. The number of nitrogens with two attached hydrogens (primary N) is 1. The number of sulfone groups is 1. The normalized spacial score (nSPS) is 24.9. The van der Waals surface area contributed by atoms with Crippen molar-refractivity contribution in [2.45, 2.75) is 64.3 Å². The fourth-order valence-electron chi connectivity index (χ4n) is 2.56. The van der Waals surface area contributed by atoms with Gasteiger partial charge in [0.25, 0.3) is 0 Å². The van der Waals surface area contributed by atoms with Crippen LogP contribution in [-0.2, 0) is 9.84 Å². The van der Waals surface area contributed by atoms with Gasteiger partial charge in [0.1, 0.15) is 0 Å². The van der Waals surface area contributed by atoms with Crippen molar-refractivity contribution >= 4 is 9.84 Å². The summed E-state index contributed by atoms with van der Waals surface area (Å²) in [5.41, 5.74) is 6.08. The van der Waals surface area contributed by atoms with Crippen LogP contribution in [0.25, 0.3) is 0 Å². The SMILES string of the molecule is CCCCCCCCC(N)C1CCS(=O)(=O)C1. The third kappa shape index (κ3) is 5.87. The summed E-state index contributed by atoms with van der Waals surface area (Å²) in [5, 5.41) is 0. The van der Waals surface area contributed by atoms with Gasteiger partial charge >= 0.3 is 0 Å². The van der Waals surface area contributed by atoms with E-state index in [4.69, 9.17) is 5.73 Å². The molecule has 17 heavy (non-hydrogen) atoms. The van der Waals surface area contributed by atoms with E-state index in [0.29, 0.717) is 11.5 Å². The van der Waals surface area contributed by atoms with Crippen molar-refractivity contribution in [1.29, 1.82) is 0 Å². The first kappa shape index (κ1) is 15.0. The molecule has 0 aromatic carbocycles. The minimum absolute atomic E-state index is 0.0958. The van der Waals surface area contributed by atoms with Crippen molar-refractivity contribution in [3.63, 3.8) is 0 Å². The van der Waals surface area contributed by atoms with Gasteiger partial charge in [0, 0.05) is 6.04 Å². The maximum atomic E-state index is 11.3. The van der Waals surface area contributed by atoms with Gasteiger partial charge in [-0.3, -0.25) is 0 Å². The lowest BCUT2D eigenvalue weighted by molar-refractivity contribution is 0.419. The number of hydrogen-bond acceptors (Lipinski definition) is 3. The van der Waals surface area contributed by atoms with Crippen LogP contribution in [0.5, 0.6) is 0 Å². The van der Waals surface area contributed by atoms with Crippen molar-refractivity contribution < 1.29 is 8.42 Å². The first-order valence-corrected chi connectivity index (χ1v) is 8.83. The van der Waals surface area contributed by atoms with E-state index in [2.05, 4.69) is 6.92 Å². The van der Waals surface area contributed by atoms with E-state index in [1.54, 1.807) is 0 Å². The van der Waals surface area contributed by atoms with Crippen molar-refractivity contribution in [3.8, 4) is 0 Å². The zero-order valence-electron chi connectivity index (χ0n) is 11.0. The molecule has 0 radical (unpaired) electrons. The minimum atomic E-state index is -2.76. The highest BCUT2D eigenvalue weighted by atomic mass is 32.2. The van der Waals surface area contributed by atoms with Crippen LogP contribution in [-0.4, -0.2) is 26.0 Å². The van der Waals surface area contributed by atoms with E-state index in [1.807, 2.05) is 0 Å². The van der Waals surface area contributed by atoms with E-state index in [0.717, 1.165) is 19.3 Å². The predicted octanol–water partition coefficient (Wildman–Crippen LogP) is 2.50. The largest absolute Gasteiger partial charge is 0.327 e. The van der Waals surface area contributed by atoms with E-state index >= 15 is 0 Å². The first-order chi connectivity index (χ1) is 8.05. The Morgan fingerprint density at radius 1 is 1.18 bits per heavy atom. The maximum Gasteiger partial charge on any atom is 0.150 e. The van der Waals surface area contributed by atoms with Crippen LogP contribution in [0.1, 0.15) is 58.3 Å². The average molecular weight is 261 g/mol. The summed E-state index contributed by atoms with van der Waals surface area (Å²) in [6.07, 6.45) is 9.39. The second-order valence-electron chi connectivity index (χ2n) is 5.38. The molecular formula is C13H27NO2S. The van der Waals surface area contributed by atoms with Gasteiger partial charge in [-0.05, 0) is 18.8 Å². The topological polar surface area (TPSA) is 60.2 Å². The van der Waals surface area contributed by atoms with Crippen molar-refractivity contribution in [3.05, 3.63) is 0 Å².